The summed E-state index contributed by atoms with van der Waals surface area (Å²) >= 11 is 0. The van der Waals surface area contributed by atoms with Crippen LogP contribution in [-0.4, -0.2) is 11.6 Å². The molecule has 50 valence electrons. The summed E-state index contributed by atoms with van der Waals surface area (Å²) in [6.07, 6.45) is 1.34. The Labute approximate surface area is 54.6 Å². The van der Waals surface area contributed by atoms with Crippen molar-refractivity contribution in [3.8, 4) is 0 Å². The van der Waals surface area contributed by atoms with E-state index in [2.05, 4.69) is 0 Å². The maximum Gasteiger partial charge on any atom is 0.155 e. The monoisotopic (exact) mass is 126 g/mol. The molecule has 9 heavy (non-hydrogen) atoms. The fourth-order valence-corrected chi connectivity index (χ4v) is 0.407. The van der Waals surface area contributed by atoms with Crippen LogP contribution in [0.4, 0.5) is 0 Å². The zero-order chi connectivity index (χ0) is 7.44. The average Bonchev–Trinajstić information content (AvgIpc) is 1.63. The summed E-state index contributed by atoms with van der Waals surface area (Å²) in [5.74, 6) is -0.132. The normalized spacial score (nSPS) is 11.2. The maximum atomic E-state index is 10.5. The van der Waals surface area contributed by atoms with Gasteiger partial charge in [-0.15, -0.1) is 0 Å². The molecule has 0 rings (SSSR count). The molecule has 0 N–H and O–H groups in total. The Morgan fingerprint density at radius 1 is 1.11 bits per heavy atom. The molecule has 0 bridgehead atoms. The van der Waals surface area contributed by atoms with Crippen LogP contribution in [0.2, 0.25) is 0 Å². The third-order valence-corrected chi connectivity index (χ3v) is 0.975. The van der Waals surface area contributed by atoms with Crippen LogP contribution in [0.15, 0.2) is 11.6 Å². The van der Waals surface area contributed by atoms with Gasteiger partial charge in [0.15, 0.2) is 11.6 Å². The van der Waals surface area contributed by atoms with Gasteiger partial charge in [0.05, 0.1) is 0 Å². The van der Waals surface area contributed by atoms with Gasteiger partial charge in [-0.2, -0.15) is 0 Å². The smallest absolute Gasteiger partial charge is 0.155 e. The molecular formula is C7H10O2. The summed E-state index contributed by atoms with van der Waals surface area (Å²) in [6, 6.07) is 0. The highest BCUT2D eigenvalue weighted by molar-refractivity contribution is 6.00. The van der Waals surface area contributed by atoms with Crippen molar-refractivity contribution >= 4 is 11.6 Å². The summed E-state index contributed by atoms with van der Waals surface area (Å²) in [4.78, 5) is 20.8. The Bertz CT molecular complexity index is 166. The molecular weight excluding hydrogens is 116 g/mol. The van der Waals surface area contributed by atoms with E-state index in [0.717, 1.165) is 0 Å². The molecule has 0 aromatic heterocycles. The largest absolute Gasteiger partial charge is 0.295 e. The first kappa shape index (κ1) is 8.08. The standard InChI is InChI=1S/C7H10O2/c1-5(7(3)9)4-6(2)8/h4H,1-3H3/b5-4+. The van der Waals surface area contributed by atoms with Gasteiger partial charge in [0.1, 0.15) is 0 Å². The summed E-state index contributed by atoms with van der Waals surface area (Å²) in [6.45, 7) is 4.49. The molecule has 0 atom stereocenters. The number of carbonyl (C=O) groups is 2. The van der Waals surface area contributed by atoms with E-state index in [1.165, 1.54) is 19.9 Å². The predicted molar refractivity (Wildman–Crippen MR) is 35.1 cm³/mol. The van der Waals surface area contributed by atoms with Crippen LogP contribution >= 0.6 is 0 Å². The van der Waals surface area contributed by atoms with E-state index in [1.54, 1.807) is 6.92 Å². The van der Waals surface area contributed by atoms with Crippen molar-refractivity contribution in [2.24, 2.45) is 0 Å². The van der Waals surface area contributed by atoms with Gasteiger partial charge < -0.3 is 0 Å². The number of hydrogen-bond donors (Lipinski definition) is 0. The fraction of sp³-hybridized carbons (Fsp3) is 0.429. The maximum absolute atomic E-state index is 10.5. The van der Waals surface area contributed by atoms with E-state index >= 15 is 0 Å². The molecule has 0 aliphatic heterocycles. The molecule has 0 aromatic carbocycles. The van der Waals surface area contributed by atoms with E-state index in [9.17, 15) is 9.59 Å². The van der Waals surface area contributed by atoms with Crippen LogP contribution in [0.3, 0.4) is 0 Å². The Balaban J connectivity index is 4.17. The molecule has 2 nitrogen and oxygen atoms in total. The van der Waals surface area contributed by atoms with Crippen LogP contribution in [0, 0.1) is 0 Å². The molecule has 0 radical (unpaired) electrons. The molecule has 0 fully saturated rings. The Morgan fingerprint density at radius 3 is 1.67 bits per heavy atom. The highest BCUT2D eigenvalue weighted by atomic mass is 16.1. The first-order valence-corrected chi connectivity index (χ1v) is 2.74. The second-order valence-corrected chi connectivity index (χ2v) is 1.99. The zero-order valence-corrected chi connectivity index (χ0v) is 5.89. The third-order valence-electron chi connectivity index (χ3n) is 0.975. The van der Waals surface area contributed by atoms with Gasteiger partial charge in [0.2, 0.25) is 0 Å². The number of allylic oxidation sites excluding steroid dienone is 2. The van der Waals surface area contributed by atoms with Crippen LogP contribution in [0.25, 0.3) is 0 Å². The van der Waals surface area contributed by atoms with Crippen molar-refractivity contribution in [3.05, 3.63) is 11.6 Å². The molecule has 0 saturated carbocycles. The quantitative estimate of drug-likeness (QED) is 0.519. The molecule has 0 aromatic rings. The summed E-state index contributed by atoms with van der Waals surface area (Å²) in [7, 11) is 0. The van der Waals surface area contributed by atoms with Crippen LogP contribution in [0.5, 0.6) is 0 Å². The van der Waals surface area contributed by atoms with Gasteiger partial charge in [-0.25, -0.2) is 0 Å². The lowest BCUT2D eigenvalue weighted by Gasteiger charge is -1.88. The number of rotatable bonds is 2. The van der Waals surface area contributed by atoms with E-state index in [0.29, 0.717) is 5.57 Å². The van der Waals surface area contributed by atoms with Crippen LogP contribution < -0.4 is 0 Å². The van der Waals surface area contributed by atoms with Crippen LogP contribution in [0.1, 0.15) is 20.8 Å². The predicted octanol–water partition coefficient (Wildman–Crippen LogP) is 1.11. The SMILES string of the molecule is CC(=O)/C=C(\C)C(C)=O. The van der Waals surface area contributed by atoms with E-state index in [-0.39, 0.29) is 11.6 Å². The zero-order valence-electron chi connectivity index (χ0n) is 5.89. The molecule has 0 unspecified atom stereocenters. The average molecular weight is 126 g/mol. The summed E-state index contributed by atoms with van der Waals surface area (Å²) in [5.41, 5.74) is 0.516. The minimum absolute atomic E-state index is 0.0507. The van der Waals surface area contributed by atoms with Crippen molar-refractivity contribution in [2.75, 3.05) is 0 Å². The lowest BCUT2D eigenvalue weighted by molar-refractivity contribution is -0.115. The molecule has 0 saturated heterocycles. The first-order valence-electron chi connectivity index (χ1n) is 2.74. The molecule has 0 spiro atoms. The molecule has 0 aliphatic rings. The first-order chi connectivity index (χ1) is 4.04. The van der Waals surface area contributed by atoms with Gasteiger partial charge in [-0.05, 0) is 32.4 Å². The Kier molecular flexibility index (Phi) is 2.85. The molecule has 2 heteroatoms. The van der Waals surface area contributed by atoms with Crippen molar-refractivity contribution < 1.29 is 9.59 Å². The van der Waals surface area contributed by atoms with Gasteiger partial charge >= 0.3 is 0 Å². The molecule has 0 amide bonds. The van der Waals surface area contributed by atoms with E-state index < -0.39 is 0 Å². The second-order valence-electron chi connectivity index (χ2n) is 1.99. The van der Waals surface area contributed by atoms with Crippen molar-refractivity contribution in [3.63, 3.8) is 0 Å². The Morgan fingerprint density at radius 2 is 1.56 bits per heavy atom. The lowest BCUT2D eigenvalue weighted by atomic mass is 10.2. The topological polar surface area (TPSA) is 34.1 Å². The lowest BCUT2D eigenvalue weighted by Crippen LogP contribution is -1.94. The Hall–Kier alpha value is -0.920. The number of ketones is 2. The van der Waals surface area contributed by atoms with Crippen molar-refractivity contribution in [2.45, 2.75) is 20.8 Å². The summed E-state index contributed by atoms with van der Waals surface area (Å²) in [5, 5.41) is 0. The molecule has 0 heterocycles. The highest BCUT2D eigenvalue weighted by Crippen LogP contribution is 1.92. The fourth-order valence-electron chi connectivity index (χ4n) is 0.407. The highest BCUT2D eigenvalue weighted by Gasteiger charge is 1.95. The summed E-state index contributed by atoms with van der Waals surface area (Å²) < 4.78 is 0. The van der Waals surface area contributed by atoms with E-state index in [1.807, 2.05) is 0 Å². The minimum Gasteiger partial charge on any atom is -0.295 e. The number of hydrogen-bond acceptors (Lipinski definition) is 2. The van der Waals surface area contributed by atoms with E-state index in [4.69, 9.17) is 0 Å². The number of Topliss-reactive ketones (excluding diaryl/α,β-unsaturated/α-hetero) is 1. The second kappa shape index (κ2) is 3.17. The molecule has 0 aliphatic carbocycles. The number of carbonyl (C=O) groups excluding carboxylic acids is 2. The van der Waals surface area contributed by atoms with Crippen molar-refractivity contribution in [1.82, 2.24) is 0 Å². The van der Waals surface area contributed by atoms with Crippen LogP contribution in [-0.2, 0) is 9.59 Å². The van der Waals surface area contributed by atoms with Gasteiger partial charge in [-0.1, -0.05) is 0 Å². The van der Waals surface area contributed by atoms with Crippen molar-refractivity contribution in [1.29, 1.82) is 0 Å². The minimum atomic E-state index is -0.0808. The van der Waals surface area contributed by atoms with Gasteiger partial charge in [0, 0.05) is 0 Å². The third kappa shape index (κ3) is 3.64. The van der Waals surface area contributed by atoms with Gasteiger partial charge in [0.25, 0.3) is 0 Å². The van der Waals surface area contributed by atoms with Gasteiger partial charge in [-0.3, -0.25) is 9.59 Å².